The number of rotatable bonds is 0. The van der Waals surface area contributed by atoms with Gasteiger partial charge in [-0.2, -0.15) is 0 Å². The Morgan fingerprint density at radius 1 is 0.415 bits per heavy atom. The predicted molar refractivity (Wildman–Crippen MR) is 218 cm³/mol. The van der Waals surface area contributed by atoms with E-state index in [1.165, 1.54) is 0 Å². The fourth-order valence-electron chi connectivity index (χ4n) is 8.35. The number of para-hydroxylation sites is 2. The van der Waals surface area contributed by atoms with Gasteiger partial charge in [0.05, 0.1) is 0 Å². The Labute approximate surface area is 319 Å². The van der Waals surface area contributed by atoms with Crippen LogP contribution >= 0.6 is 39.1 Å². The lowest BCUT2D eigenvalue weighted by Gasteiger charge is -2.08. The van der Waals surface area contributed by atoms with Gasteiger partial charge in [-0.1, -0.05) is 108 Å². The van der Waals surface area contributed by atoms with Gasteiger partial charge in [0.25, 0.3) is 0 Å². The van der Waals surface area contributed by atoms with Gasteiger partial charge in [-0.3, -0.25) is 9.59 Å². The molecule has 0 spiro atoms. The second-order valence-electron chi connectivity index (χ2n) is 13.4. The van der Waals surface area contributed by atoms with E-state index >= 15 is 0 Å². The molecule has 0 fully saturated rings. The van der Waals surface area contributed by atoms with Gasteiger partial charge in [-0.15, -0.1) is 0 Å². The van der Waals surface area contributed by atoms with Crippen molar-refractivity contribution in [1.29, 1.82) is 0 Å². The van der Waals surface area contributed by atoms with Gasteiger partial charge >= 0.3 is 0 Å². The largest absolute Gasteiger partial charge is 0.455 e. The Morgan fingerprint density at radius 3 is 1.49 bits per heavy atom. The Bertz CT molecular complexity index is 3320. The van der Waals surface area contributed by atoms with Crippen LogP contribution in [0.15, 0.2) is 141 Å². The molecule has 12 rings (SSSR count). The summed E-state index contributed by atoms with van der Waals surface area (Å²) in [6, 6.07) is 41.1. The van der Waals surface area contributed by atoms with Crippen molar-refractivity contribution in [3.8, 4) is 22.3 Å². The Morgan fingerprint density at radius 2 is 0.868 bits per heavy atom. The van der Waals surface area contributed by atoms with Crippen molar-refractivity contribution in [3.05, 3.63) is 164 Å². The maximum Gasteiger partial charge on any atom is 0.194 e. The normalized spacial score (nSPS) is 12.9. The molecule has 0 radical (unpaired) electrons. The molecule has 7 heteroatoms. The lowest BCUT2D eigenvalue weighted by Crippen LogP contribution is -1.95. The molecule has 10 aromatic rings. The molecule has 0 unspecified atom stereocenters. The molecule has 2 aliphatic rings. The van der Waals surface area contributed by atoms with E-state index in [2.05, 4.69) is 15.9 Å². The molecule has 2 aliphatic carbocycles. The zero-order valence-corrected chi connectivity index (χ0v) is 30.5. The lowest BCUT2D eigenvalue weighted by atomic mass is 9.96. The van der Waals surface area contributed by atoms with Crippen molar-refractivity contribution < 1.29 is 18.4 Å². The summed E-state index contributed by atoms with van der Waals surface area (Å²) in [6.07, 6.45) is 0. The summed E-state index contributed by atoms with van der Waals surface area (Å²) in [4.78, 5) is 26.2. The summed E-state index contributed by atoms with van der Waals surface area (Å²) in [5.74, 6) is -0.0132. The number of hydrogen-bond acceptors (Lipinski definition) is 4. The van der Waals surface area contributed by atoms with Crippen LogP contribution in [0.2, 0.25) is 10.0 Å². The molecule has 0 N–H and O–H groups in total. The molecular weight excluding hydrogens is 767 g/mol. The van der Waals surface area contributed by atoms with E-state index in [0.717, 1.165) is 92.1 Å². The first-order chi connectivity index (χ1) is 25.9. The van der Waals surface area contributed by atoms with Gasteiger partial charge in [0.1, 0.15) is 22.3 Å². The molecule has 2 heterocycles. The smallest absolute Gasteiger partial charge is 0.194 e. The first-order valence-corrected chi connectivity index (χ1v) is 18.5. The molecule has 0 atom stereocenters. The summed E-state index contributed by atoms with van der Waals surface area (Å²) >= 11 is 16.6. The van der Waals surface area contributed by atoms with Crippen LogP contribution in [-0.2, 0) is 0 Å². The predicted octanol–water partition coefficient (Wildman–Crippen LogP) is 14.0. The second kappa shape index (κ2) is 11.1. The Kier molecular flexibility index (Phi) is 6.49. The number of halogens is 3. The lowest BCUT2D eigenvalue weighted by molar-refractivity contribution is 0.103. The minimum absolute atomic E-state index is 0.00464. The van der Waals surface area contributed by atoms with Crippen molar-refractivity contribution in [2.24, 2.45) is 0 Å². The van der Waals surface area contributed by atoms with E-state index < -0.39 is 0 Å². The van der Waals surface area contributed by atoms with Crippen molar-refractivity contribution in [2.45, 2.75) is 0 Å². The van der Waals surface area contributed by atoms with Gasteiger partial charge in [0, 0.05) is 91.3 Å². The third kappa shape index (κ3) is 4.18. The van der Waals surface area contributed by atoms with Crippen LogP contribution in [0.5, 0.6) is 0 Å². The maximum atomic E-state index is 13.2. The van der Waals surface area contributed by atoms with E-state index in [-0.39, 0.29) is 11.6 Å². The number of fused-ring (bicyclic) bond motifs is 18. The molecule has 0 bridgehead atoms. The number of carbonyl (C=O) groups excluding carboxylic acids is 2. The van der Waals surface area contributed by atoms with Crippen LogP contribution in [0.4, 0.5) is 0 Å². The molecule has 8 aromatic carbocycles. The number of ketones is 2. The zero-order valence-electron chi connectivity index (χ0n) is 27.4. The Balaban J connectivity index is 0.000000125. The molecule has 0 amide bonds. The summed E-state index contributed by atoms with van der Waals surface area (Å²) < 4.78 is 13.3. The molecule has 53 heavy (non-hydrogen) atoms. The van der Waals surface area contributed by atoms with Crippen molar-refractivity contribution in [1.82, 2.24) is 0 Å². The summed E-state index contributed by atoms with van der Waals surface area (Å²) in [5.41, 5.74) is 9.32. The molecule has 0 saturated carbocycles. The number of hydrogen-bond donors (Lipinski definition) is 0. The monoisotopic (exact) mass is 786 g/mol. The van der Waals surface area contributed by atoms with Crippen LogP contribution < -0.4 is 0 Å². The fourth-order valence-corrected chi connectivity index (χ4v) is 9.53. The number of benzene rings is 8. The van der Waals surface area contributed by atoms with E-state index in [1.54, 1.807) is 12.1 Å². The first kappa shape index (κ1) is 30.9. The van der Waals surface area contributed by atoms with E-state index in [9.17, 15) is 9.59 Å². The van der Waals surface area contributed by atoms with E-state index in [0.29, 0.717) is 32.3 Å². The molecular formula is C46H21BrCl2O4. The SMILES string of the molecule is O=C1c2cc(Cl)c3ccccc3c2-c2c1cc(Br)c1c2oc2ccccc21.O=C1c2cc(Cl)c3ccccc3c2-c2c1ccc1c2oc2ccccc21. The van der Waals surface area contributed by atoms with Crippen LogP contribution in [0.25, 0.3) is 87.7 Å². The standard InChI is InChI=1S/C23H10BrClO2.C23H11ClO2/c24-16-9-14-21(23-20(16)13-7-3-4-8-18(13)27-23)19-12-6-2-1-5-11(12)17(25)10-15(19)22(14)26;24-18-11-17-20(14-7-2-1-5-12(14)18)21-16(22(17)25)10-9-15-13-6-3-4-8-19(13)26-23(15)21/h1-10H;1-11H. The average Bonchev–Trinajstić information content (AvgIpc) is 3.91. The van der Waals surface area contributed by atoms with E-state index in [4.69, 9.17) is 32.0 Å². The van der Waals surface area contributed by atoms with Gasteiger partial charge in [-0.05, 0) is 69.2 Å². The van der Waals surface area contributed by atoms with Crippen LogP contribution in [0.3, 0.4) is 0 Å². The van der Waals surface area contributed by atoms with Crippen molar-refractivity contribution in [2.75, 3.05) is 0 Å². The highest BCUT2D eigenvalue weighted by Gasteiger charge is 2.35. The van der Waals surface area contributed by atoms with Gasteiger partial charge < -0.3 is 8.83 Å². The zero-order chi connectivity index (χ0) is 35.7. The molecule has 0 saturated heterocycles. The highest BCUT2D eigenvalue weighted by molar-refractivity contribution is 9.10. The quantitative estimate of drug-likeness (QED) is 0.154. The summed E-state index contributed by atoms with van der Waals surface area (Å²) in [5, 5.41) is 9.12. The molecule has 0 aliphatic heterocycles. The van der Waals surface area contributed by atoms with Gasteiger partial charge in [0.15, 0.2) is 11.6 Å². The number of carbonyl (C=O) groups is 2. The molecule has 250 valence electrons. The van der Waals surface area contributed by atoms with Crippen molar-refractivity contribution in [3.63, 3.8) is 0 Å². The number of furan rings is 2. The van der Waals surface area contributed by atoms with Crippen LogP contribution in [0, 0.1) is 0 Å². The summed E-state index contributed by atoms with van der Waals surface area (Å²) in [6.45, 7) is 0. The van der Waals surface area contributed by atoms with E-state index in [1.807, 2.05) is 115 Å². The molecule has 2 aromatic heterocycles. The molecule has 4 nitrogen and oxygen atoms in total. The minimum atomic E-state index is -0.0179. The summed E-state index contributed by atoms with van der Waals surface area (Å²) in [7, 11) is 0. The fraction of sp³-hybridized carbons (Fsp3) is 0. The highest BCUT2D eigenvalue weighted by Crippen LogP contribution is 2.51. The maximum absolute atomic E-state index is 13.2. The van der Waals surface area contributed by atoms with Crippen molar-refractivity contribution >= 4 is 116 Å². The average molecular weight is 788 g/mol. The first-order valence-electron chi connectivity index (χ1n) is 17.0. The van der Waals surface area contributed by atoms with Gasteiger partial charge in [0.2, 0.25) is 0 Å². The second-order valence-corrected chi connectivity index (χ2v) is 15.0. The van der Waals surface area contributed by atoms with Gasteiger partial charge in [-0.25, -0.2) is 0 Å². The topological polar surface area (TPSA) is 60.4 Å². The highest BCUT2D eigenvalue weighted by atomic mass is 79.9. The Hall–Kier alpha value is -5.72. The minimum Gasteiger partial charge on any atom is -0.455 e. The van der Waals surface area contributed by atoms with Crippen LogP contribution in [0.1, 0.15) is 31.8 Å². The third-order valence-corrected chi connectivity index (χ3v) is 11.9. The van der Waals surface area contributed by atoms with Crippen LogP contribution in [-0.4, -0.2) is 11.6 Å². The third-order valence-electron chi connectivity index (χ3n) is 10.6.